The molecule has 136 valence electrons. The minimum absolute atomic E-state index is 0.151. The maximum atomic E-state index is 12.8. The Bertz CT molecular complexity index is 726. The van der Waals surface area contributed by atoms with Gasteiger partial charge in [-0.05, 0) is 31.9 Å². The van der Waals surface area contributed by atoms with E-state index in [1.54, 1.807) is 24.0 Å². The van der Waals surface area contributed by atoms with Crippen LogP contribution < -0.4 is 4.74 Å². The van der Waals surface area contributed by atoms with Crippen molar-refractivity contribution in [3.8, 4) is 5.75 Å². The lowest BCUT2D eigenvalue weighted by molar-refractivity contribution is -0.164. The molecule has 0 radical (unpaired) electrons. The largest absolute Gasteiger partial charge is 0.474 e. The second-order valence-electron chi connectivity index (χ2n) is 6.33. The SMILES string of the molecule is C[C@H](OC(=O)C(Oc1ccccc1)c1ccccc1)C(=O)N1CCCC1. The van der Waals surface area contributed by atoms with Crippen molar-refractivity contribution < 1.29 is 19.1 Å². The topological polar surface area (TPSA) is 55.8 Å². The van der Waals surface area contributed by atoms with Crippen LogP contribution in [0, 0.1) is 0 Å². The Balaban J connectivity index is 1.73. The normalized spacial score (nSPS) is 16.0. The zero-order valence-electron chi connectivity index (χ0n) is 14.8. The van der Waals surface area contributed by atoms with Crippen molar-refractivity contribution in [3.05, 3.63) is 66.2 Å². The number of likely N-dealkylation sites (tertiary alicyclic amines) is 1. The Hall–Kier alpha value is -2.82. The van der Waals surface area contributed by atoms with Crippen LogP contribution in [-0.2, 0) is 14.3 Å². The molecule has 2 aromatic carbocycles. The molecule has 0 aliphatic carbocycles. The van der Waals surface area contributed by atoms with Gasteiger partial charge < -0.3 is 14.4 Å². The Morgan fingerprint density at radius 1 is 0.923 bits per heavy atom. The average Bonchev–Trinajstić information content (AvgIpc) is 3.21. The third-order valence-electron chi connectivity index (χ3n) is 4.37. The van der Waals surface area contributed by atoms with Crippen LogP contribution in [0.25, 0.3) is 0 Å². The van der Waals surface area contributed by atoms with Gasteiger partial charge in [0.25, 0.3) is 5.91 Å². The molecule has 26 heavy (non-hydrogen) atoms. The van der Waals surface area contributed by atoms with Crippen molar-refractivity contribution in [1.82, 2.24) is 4.90 Å². The van der Waals surface area contributed by atoms with E-state index in [0.717, 1.165) is 25.9 Å². The molecule has 2 aromatic rings. The number of nitrogens with zero attached hydrogens (tertiary/aromatic N) is 1. The number of carbonyl (C=O) groups is 2. The molecule has 1 amide bonds. The van der Waals surface area contributed by atoms with E-state index in [1.165, 1.54) is 0 Å². The number of carbonyl (C=O) groups excluding carboxylic acids is 2. The molecule has 0 saturated carbocycles. The van der Waals surface area contributed by atoms with Crippen molar-refractivity contribution >= 4 is 11.9 Å². The molecular weight excluding hydrogens is 330 g/mol. The van der Waals surface area contributed by atoms with Crippen molar-refractivity contribution in [2.45, 2.75) is 32.0 Å². The molecule has 1 fully saturated rings. The van der Waals surface area contributed by atoms with Crippen molar-refractivity contribution in [1.29, 1.82) is 0 Å². The van der Waals surface area contributed by atoms with E-state index in [0.29, 0.717) is 11.3 Å². The van der Waals surface area contributed by atoms with Crippen LogP contribution in [0.5, 0.6) is 5.75 Å². The zero-order valence-corrected chi connectivity index (χ0v) is 14.8. The molecule has 0 N–H and O–H groups in total. The summed E-state index contributed by atoms with van der Waals surface area (Å²) in [6.07, 6.45) is 0.241. The molecule has 1 saturated heterocycles. The van der Waals surface area contributed by atoms with Crippen molar-refractivity contribution in [2.24, 2.45) is 0 Å². The molecule has 2 atom stereocenters. The predicted molar refractivity (Wildman–Crippen MR) is 97.6 cm³/mol. The fourth-order valence-corrected chi connectivity index (χ4v) is 3.00. The lowest BCUT2D eigenvalue weighted by Gasteiger charge is -2.23. The average molecular weight is 353 g/mol. The van der Waals surface area contributed by atoms with Gasteiger partial charge in [-0.2, -0.15) is 0 Å². The highest BCUT2D eigenvalue weighted by Crippen LogP contribution is 2.24. The van der Waals surface area contributed by atoms with Crippen LogP contribution in [0.15, 0.2) is 60.7 Å². The van der Waals surface area contributed by atoms with Gasteiger partial charge >= 0.3 is 5.97 Å². The first-order valence-corrected chi connectivity index (χ1v) is 8.91. The van der Waals surface area contributed by atoms with Gasteiger partial charge in [-0.1, -0.05) is 48.5 Å². The van der Waals surface area contributed by atoms with Gasteiger partial charge in [-0.15, -0.1) is 0 Å². The highest BCUT2D eigenvalue weighted by molar-refractivity contribution is 5.85. The predicted octanol–water partition coefficient (Wildman–Crippen LogP) is 3.36. The molecule has 0 spiro atoms. The second kappa shape index (κ2) is 8.52. The summed E-state index contributed by atoms with van der Waals surface area (Å²) in [5, 5.41) is 0. The molecule has 3 rings (SSSR count). The van der Waals surface area contributed by atoms with E-state index in [9.17, 15) is 9.59 Å². The van der Waals surface area contributed by atoms with Gasteiger partial charge in [-0.25, -0.2) is 4.79 Å². The van der Waals surface area contributed by atoms with Crippen LogP contribution in [0.4, 0.5) is 0 Å². The summed E-state index contributed by atoms with van der Waals surface area (Å²) in [5.74, 6) is -0.153. The summed E-state index contributed by atoms with van der Waals surface area (Å²) in [7, 11) is 0. The molecule has 0 aromatic heterocycles. The van der Waals surface area contributed by atoms with E-state index in [-0.39, 0.29) is 5.91 Å². The fourth-order valence-electron chi connectivity index (χ4n) is 3.00. The highest BCUT2D eigenvalue weighted by Gasteiger charge is 2.30. The number of ether oxygens (including phenoxy) is 2. The first-order valence-electron chi connectivity index (χ1n) is 8.91. The molecular formula is C21H23NO4. The van der Waals surface area contributed by atoms with Crippen molar-refractivity contribution in [3.63, 3.8) is 0 Å². The third kappa shape index (κ3) is 4.42. The van der Waals surface area contributed by atoms with Crippen LogP contribution in [0.1, 0.15) is 31.4 Å². The second-order valence-corrected chi connectivity index (χ2v) is 6.33. The maximum absolute atomic E-state index is 12.8. The summed E-state index contributed by atoms with van der Waals surface area (Å²) in [6.45, 7) is 3.07. The van der Waals surface area contributed by atoms with Gasteiger partial charge in [-0.3, -0.25) is 4.79 Å². The van der Waals surface area contributed by atoms with Crippen LogP contribution in [0.3, 0.4) is 0 Å². The molecule has 0 bridgehead atoms. The van der Waals surface area contributed by atoms with E-state index in [4.69, 9.17) is 9.47 Å². The number of esters is 1. The molecule has 1 aliphatic heterocycles. The number of hydrogen-bond donors (Lipinski definition) is 0. The van der Waals surface area contributed by atoms with E-state index in [1.807, 2.05) is 48.5 Å². The number of rotatable bonds is 6. The minimum Gasteiger partial charge on any atom is -0.474 e. The molecule has 1 aliphatic rings. The smallest absolute Gasteiger partial charge is 0.352 e. The Morgan fingerprint density at radius 2 is 1.50 bits per heavy atom. The van der Waals surface area contributed by atoms with Gasteiger partial charge in [0.1, 0.15) is 5.75 Å². The Morgan fingerprint density at radius 3 is 2.12 bits per heavy atom. The maximum Gasteiger partial charge on any atom is 0.352 e. The summed E-state index contributed by atoms with van der Waals surface area (Å²) in [4.78, 5) is 26.9. The van der Waals surface area contributed by atoms with Gasteiger partial charge in [0.05, 0.1) is 0 Å². The Kier molecular flexibility index (Phi) is 5.89. The van der Waals surface area contributed by atoms with Gasteiger partial charge in [0.2, 0.25) is 6.10 Å². The Labute approximate surface area is 153 Å². The summed E-state index contributed by atoms with van der Waals surface area (Å²) < 4.78 is 11.3. The van der Waals surface area contributed by atoms with Crippen LogP contribution >= 0.6 is 0 Å². The fraction of sp³-hybridized carbons (Fsp3) is 0.333. The van der Waals surface area contributed by atoms with E-state index < -0.39 is 18.2 Å². The monoisotopic (exact) mass is 353 g/mol. The summed E-state index contributed by atoms with van der Waals surface area (Å²) >= 11 is 0. The highest BCUT2D eigenvalue weighted by atomic mass is 16.6. The number of hydrogen-bond acceptors (Lipinski definition) is 4. The molecule has 5 nitrogen and oxygen atoms in total. The lowest BCUT2D eigenvalue weighted by atomic mass is 10.1. The third-order valence-corrected chi connectivity index (χ3v) is 4.37. The first kappa shape index (κ1) is 18.0. The zero-order chi connectivity index (χ0) is 18.4. The molecule has 1 unspecified atom stereocenters. The van der Waals surface area contributed by atoms with Gasteiger partial charge in [0.15, 0.2) is 6.10 Å². The number of amides is 1. The molecule has 5 heteroatoms. The van der Waals surface area contributed by atoms with Crippen LogP contribution in [0.2, 0.25) is 0 Å². The lowest BCUT2D eigenvalue weighted by Crippen LogP contribution is -2.39. The first-order chi connectivity index (χ1) is 12.6. The number of benzene rings is 2. The minimum atomic E-state index is -0.924. The van der Waals surface area contributed by atoms with E-state index in [2.05, 4.69) is 0 Å². The quantitative estimate of drug-likeness (QED) is 0.747. The van der Waals surface area contributed by atoms with Gasteiger partial charge in [0, 0.05) is 18.7 Å². The standard InChI is InChI=1S/C21H23NO4/c1-16(20(23)22-14-8-9-15-22)25-21(24)19(17-10-4-2-5-11-17)26-18-12-6-3-7-13-18/h2-7,10-13,16,19H,8-9,14-15H2,1H3/t16-,19?/m0/s1. The summed E-state index contributed by atoms with van der Waals surface area (Å²) in [5.41, 5.74) is 0.683. The molecule has 1 heterocycles. The number of para-hydroxylation sites is 1. The van der Waals surface area contributed by atoms with Crippen molar-refractivity contribution in [2.75, 3.05) is 13.1 Å². The van der Waals surface area contributed by atoms with E-state index >= 15 is 0 Å². The summed E-state index contributed by atoms with van der Waals surface area (Å²) in [6, 6.07) is 18.3. The van der Waals surface area contributed by atoms with Crippen LogP contribution in [-0.4, -0.2) is 36.0 Å².